The first kappa shape index (κ1) is 22.2. The van der Waals surface area contributed by atoms with Crippen molar-refractivity contribution in [3.05, 3.63) is 108 Å². The number of nitrogens with one attached hydrogen (secondary N) is 2. The van der Waals surface area contributed by atoms with E-state index >= 15 is 0 Å². The van der Waals surface area contributed by atoms with Crippen LogP contribution in [0.3, 0.4) is 0 Å². The van der Waals surface area contributed by atoms with Crippen LogP contribution >= 0.6 is 0 Å². The lowest BCUT2D eigenvalue weighted by Crippen LogP contribution is -2.24. The second kappa shape index (κ2) is 9.69. The smallest absolute Gasteiger partial charge is 0.251 e. The summed E-state index contributed by atoms with van der Waals surface area (Å²) in [4.78, 5) is 19.4. The summed E-state index contributed by atoms with van der Waals surface area (Å²) in [5.41, 5.74) is 6.26. The third-order valence-electron chi connectivity index (χ3n) is 5.75. The summed E-state index contributed by atoms with van der Waals surface area (Å²) in [6, 6.07) is 31.3. The number of hydrogen-bond acceptors (Lipinski definition) is 5. The van der Waals surface area contributed by atoms with Crippen molar-refractivity contribution in [3.63, 3.8) is 0 Å². The van der Waals surface area contributed by atoms with Crippen LogP contribution in [-0.4, -0.2) is 34.6 Å². The molecule has 0 atom stereocenters. The van der Waals surface area contributed by atoms with Crippen molar-refractivity contribution in [2.45, 2.75) is 6.54 Å². The Balaban J connectivity index is 1.33. The van der Waals surface area contributed by atoms with Crippen LogP contribution in [0.1, 0.15) is 15.9 Å². The molecule has 7 nitrogen and oxygen atoms in total. The van der Waals surface area contributed by atoms with Crippen LogP contribution in [0.2, 0.25) is 0 Å². The number of carbonyl (C=O) groups excluding carboxylic acids is 1. The monoisotopic (exact) mass is 462 g/mol. The highest BCUT2D eigenvalue weighted by Gasteiger charge is 2.12. The van der Waals surface area contributed by atoms with Crippen LogP contribution < -0.4 is 15.5 Å². The molecule has 0 saturated heterocycles. The lowest BCUT2D eigenvalue weighted by Gasteiger charge is -2.17. The number of fused-ring (bicyclic) bond motifs is 1. The van der Waals surface area contributed by atoms with Crippen molar-refractivity contribution >= 4 is 28.9 Å². The van der Waals surface area contributed by atoms with E-state index < -0.39 is 0 Å². The van der Waals surface area contributed by atoms with Crippen molar-refractivity contribution in [3.8, 4) is 11.3 Å². The molecule has 174 valence electrons. The van der Waals surface area contributed by atoms with Gasteiger partial charge in [0.05, 0.1) is 5.69 Å². The fraction of sp³-hybridized carbons (Fsp3) is 0.107. The highest BCUT2D eigenvalue weighted by atomic mass is 16.1. The lowest BCUT2D eigenvalue weighted by molar-refractivity contribution is 0.0951. The first-order chi connectivity index (χ1) is 17.1. The number of nitrogens with zero attached hydrogens (tertiary/aromatic N) is 4. The highest BCUT2D eigenvalue weighted by Crippen LogP contribution is 2.23. The van der Waals surface area contributed by atoms with Gasteiger partial charge < -0.3 is 15.5 Å². The van der Waals surface area contributed by atoms with Crippen LogP contribution in [0.4, 0.5) is 17.3 Å². The summed E-state index contributed by atoms with van der Waals surface area (Å²) in [7, 11) is 3.99. The van der Waals surface area contributed by atoms with Crippen molar-refractivity contribution in [2.24, 2.45) is 0 Å². The fourth-order valence-corrected chi connectivity index (χ4v) is 3.99. The van der Waals surface area contributed by atoms with Gasteiger partial charge in [-0.25, -0.2) is 4.52 Å². The Hall–Kier alpha value is -4.65. The minimum atomic E-state index is -0.113. The SMILES string of the molecule is CN(C)c1ccccc1CNC(=O)c1ccc(-c2cccc3nc(Nc4ccccc4)nn23)cc1. The summed E-state index contributed by atoms with van der Waals surface area (Å²) >= 11 is 0. The van der Waals surface area contributed by atoms with Crippen LogP contribution in [0, 0.1) is 0 Å². The molecule has 0 spiro atoms. The van der Waals surface area contributed by atoms with Gasteiger partial charge in [-0.15, -0.1) is 5.10 Å². The number of benzene rings is 3. The maximum Gasteiger partial charge on any atom is 0.251 e. The quantitative estimate of drug-likeness (QED) is 0.351. The first-order valence-electron chi connectivity index (χ1n) is 11.4. The normalized spacial score (nSPS) is 10.8. The summed E-state index contributed by atoms with van der Waals surface area (Å²) in [5.74, 6) is 0.413. The number of pyridine rings is 1. The Morgan fingerprint density at radius 2 is 1.60 bits per heavy atom. The van der Waals surface area contributed by atoms with Crippen molar-refractivity contribution in [1.29, 1.82) is 0 Å². The number of para-hydroxylation sites is 2. The van der Waals surface area contributed by atoms with Gasteiger partial charge in [0.15, 0.2) is 5.65 Å². The molecule has 2 N–H and O–H groups in total. The molecule has 0 aliphatic carbocycles. The standard InChI is InChI=1S/C28H26N6O/c1-33(2)24-12-7-6-9-22(24)19-29-27(35)21-17-15-20(16-18-21)25-13-8-14-26-31-28(32-34(25)26)30-23-10-4-3-5-11-23/h3-18H,19H2,1-2H3,(H,29,35)(H,30,32). The van der Waals surface area contributed by atoms with E-state index in [0.717, 1.165) is 33.8 Å². The van der Waals surface area contributed by atoms with E-state index in [0.29, 0.717) is 18.1 Å². The van der Waals surface area contributed by atoms with Gasteiger partial charge in [-0.3, -0.25) is 4.79 Å². The molecule has 35 heavy (non-hydrogen) atoms. The van der Waals surface area contributed by atoms with Gasteiger partial charge in [-0.2, -0.15) is 4.98 Å². The molecule has 1 amide bonds. The van der Waals surface area contributed by atoms with Crippen LogP contribution in [0.25, 0.3) is 16.9 Å². The van der Waals surface area contributed by atoms with Gasteiger partial charge in [0, 0.05) is 43.1 Å². The van der Waals surface area contributed by atoms with E-state index in [1.807, 2.05) is 116 Å². The molecule has 2 heterocycles. The zero-order valence-corrected chi connectivity index (χ0v) is 19.6. The fourth-order valence-electron chi connectivity index (χ4n) is 3.99. The summed E-state index contributed by atoms with van der Waals surface area (Å²) in [6.45, 7) is 0.463. The van der Waals surface area contributed by atoms with Crippen LogP contribution in [-0.2, 0) is 6.54 Å². The minimum Gasteiger partial charge on any atom is -0.377 e. The molecule has 7 heteroatoms. The second-order valence-electron chi connectivity index (χ2n) is 8.39. The van der Waals surface area contributed by atoms with E-state index in [9.17, 15) is 4.79 Å². The highest BCUT2D eigenvalue weighted by molar-refractivity contribution is 5.94. The molecule has 0 bridgehead atoms. The molecule has 0 saturated carbocycles. The largest absolute Gasteiger partial charge is 0.377 e. The van der Waals surface area contributed by atoms with Crippen molar-refractivity contribution in [1.82, 2.24) is 19.9 Å². The topological polar surface area (TPSA) is 74.6 Å². The predicted octanol–water partition coefficient (Wildman–Crippen LogP) is 5.14. The average molecular weight is 463 g/mol. The van der Waals surface area contributed by atoms with Crippen molar-refractivity contribution in [2.75, 3.05) is 24.3 Å². The van der Waals surface area contributed by atoms with Gasteiger partial charge in [0.2, 0.25) is 5.95 Å². The molecule has 0 aliphatic heterocycles. The van der Waals surface area contributed by atoms with Gasteiger partial charge >= 0.3 is 0 Å². The van der Waals surface area contributed by atoms with Crippen LogP contribution in [0.5, 0.6) is 0 Å². The molecule has 5 rings (SSSR count). The zero-order valence-electron chi connectivity index (χ0n) is 19.6. The van der Waals surface area contributed by atoms with Gasteiger partial charge in [0.25, 0.3) is 5.91 Å². The van der Waals surface area contributed by atoms with E-state index in [1.54, 1.807) is 4.52 Å². The number of amides is 1. The maximum atomic E-state index is 12.8. The Labute approximate surface area is 204 Å². The summed E-state index contributed by atoms with van der Waals surface area (Å²) < 4.78 is 1.80. The number of anilines is 3. The van der Waals surface area contributed by atoms with Gasteiger partial charge in [-0.1, -0.05) is 54.6 Å². The van der Waals surface area contributed by atoms with E-state index in [-0.39, 0.29) is 5.91 Å². The summed E-state index contributed by atoms with van der Waals surface area (Å²) in [6.07, 6.45) is 0. The molecule has 0 fully saturated rings. The van der Waals surface area contributed by atoms with Gasteiger partial charge in [0.1, 0.15) is 0 Å². The second-order valence-corrected chi connectivity index (χ2v) is 8.39. The van der Waals surface area contributed by atoms with Crippen molar-refractivity contribution < 1.29 is 4.79 Å². The third kappa shape index (κ3) is 4.84. The number of hydrogen-bond donors (Lipinski definition) is 2. The van der Waals surface area contributed by atoms with E-state index in [4.69, 9.17) is 0 Å². The Kier molecular flexibility index (Phi) is 6.13. The first-order valence-corrected chi connectivity index (χ1v) is 11.4. The predicted molar refractivity (Wildman–Crippen MR) is 140 cm³/mol. The van der Waals surface area contributed by atoms with Gasteiger partial charge in [-0.05, 0) is 48.0 Å². The van der Waals surface area contributed by atoms with E-state index in [1.165, 1.54) is 0 Å². The average Bonchev–Trinajstić information content (AvgIpc) is 3.30. The van der Waals surface area contributed by atoms with Crippen LogP contribution in [0.15, 0.2) is 97.1 Å². The molecule has 0 aliphatic rings. The molecule has 5 aromatic rings. The maximum absolute atomic E-state index is 12.8. The molecule has 0 unspecified atom stereocenters. The Bertz CT molecular complexity index is 1460. The zero-order chi connectivity index (χ0) is 24.2. The molecular formula is C28H26N6O. The minimum absolute atomic E-state index is 0.113. The number of rotatable bonds is 7. The lowest BCUT2D eigenvalue weighted by atomic mass is 10.1. The molecule has 0 radical (unpaired) electrons. The third-order valence-corrected chi connectivity index (χ3v) is 5.75. The molecule has 3 aromatic carbocycles. The Morgan fingerprint density at radius 1 is 0.857 bits per heavy atom. The molecular weight excluding hydrogens is 436 g/mol. The summed E-state index contributed by atoms with van der Waals surface area (Å²) in [5, 5.41) is 10.9. The van der Waals surface area contributed by atoms with E-state index in [2.05, 4.69) is 20.7 Å². The Morgan fingerprint density at radius 3 is 2.37 bits per heavy atom. The number of aromatic nitrogens is 3. The molecule has 2 aromatic heterocycles. The number of carbonyl (C=O) groups is 1.